The first-order chi connectivity index (χ1) is 12.7. The van der Waals surface area contributed by atoms with Gasteiger partial charge >= 0.3 is 11.9 Å². The maximum Gasteiger partial charge on any atom is 0.331 e. The fourth-order valence-electron chi connectivity index (χ4n) is 2.51. The maximum atomic E-state index is 11.5. The molecule has 0 spiro atoms. The number of hydrogen-bond acceptors (Lipinski definition) is 4. The highest BCUT2D eigenvalue weighted by molar-refractivity contribution is 5.91. The normalized spacial score (nSPS) is 11.3. The molecule has 0 unspecified atom stereocenters. The van der Waals surface area contributed by atoms with E-state index in [2.05, 4.69) is 6.92 Å². The second kappa shape index (κ2) is 19.7. The number of rotatable bonds is 17. The molecule has 0 amide bonds. The van der Waals surface area contributed by atoms with Gasteiger partial charge in [0.15, 0.2) is 0 Å². The van der Waals surface area contributed by atoms with Gasteiger partial charge in [-0.3, -0.25) is 0 Å². The summed E-state index contributed by atoms with van der Waals surface area (Å²) < 4.78 is 10.0. The van der Waals surface area contributed by atoms with Crippen LogP contribution in [0.3, 0.4) is 0 Å². The monoisotopic (exact) mass is 366 g/mol. The van der Waals surface area contributed by atoms with Crippen molar-refractivity contribution >= 4 is 11.9 Å². The van der Waals surface area contributed by atoms with E-state index in [-0.39, 0.29) is 0 Å². The first kappa shape index (κ1) is 24.4. The summed E-state index contributed by atoms with van der Waals surface area (Å²) in [6.45, 7) is 5.03. The number of carbonyl (C=O) groups excluding carboxylic acids is 2. The van der Waals surface area contributed by atoms with Crippen LogP contribution in [0.15, 0.2) is 24.3 Å². The van der Waals surface area contributed by atoms with E-state index >= 15 is 0 Å². The molecule has 0 N–H and O–H groups in total. The minimum atomic E-state index is -0.509. The van der Waals surface area contributed by atoms with Crippen molar-refractivity contribution < 1.29 is 19.1 Å². The summed E-state index contributed by atoms with van der Waals surface area (Å²) >= 11 is 0. The highest BCUT2D eigenvalue weighted by Crippen LogP contribution is 2.10. The van der Waals surface area contributed by atoms with Crippen molar-refractivity contribution in [1.29, 1.82) is 0 Å². The number of esters is 2. The largest absolute Gasteiger partial charge is 0.463 e. The Kier molecular flexibility index (Phi) is 18.5. The summed E-state index contributed by atoms with van der Waals surface area (Å²) in [5.74, 6) is -0.991. The molecule has 0 rings (SSSR count). The topological polar surface area (TPSA) is 52.6 Å². The molecule has 0 saturated heterocycles. The van der Waals surface area contributed by atoms with E-state index in [4.69, 9.17) is 9.47 Å². The summed E-state index contributed by atoms with van der Waals surface area (Å²) in [5.41, 5.74) is 0. The Balaban J connectivity index is 3.45. The molecule has 0 aromatic heterocycles. The average molecular weight is 367 g/mol. The molecule has 0 aliphatic rings. The first-order valence-corrected chi connectivity index (χ1v) is 10.4. The lowest BCUT2D eigenvalue weighted by Crippen LogP contribution is -2.06. The van der Waals surface area contributed by atoms with Crippen molar-refractivity contribution in [3.05, 3.63) is 24.3 Å². The molecule has 0 saturated carbocycles. The molecule has 0 aliphatic heterocycles. The van der Waals surface area contributed by atoms with Crippen LogP contribution in [-0.4, -0.2) is 25.2 Å². The van der Waals surface area contributed by atoms with Crippen LogP contribution in [0.2, 0.25) is 0 Å². The summed E-state index contributed by atoms with van der Waals surface area (Å²) in [5, 5.41) is 0. The van der Waals surface area contributed by atoms with Gasteiger partial charge in [0.1, 0.15) is 0 Å². The van der Waals surface area contributed by atoms with Crippen molar-refractivity contribution in [2.45, 2.75) is 90.9 Å². The zero-order chi connectivity index (χ0) is 19.3. The van der Waals surface area contributed by atoms with Crippen LogP contribution in [0.5, 0.6) is 0 Å². The number of allylic oxidation sites excluding steroid dienone is 1. The second-order valence-electron chi connectivity index (χ2n) is 6.52. The Morgan fingerprint density at radius 1 is 0.654 bits per heavy atom. The summed E-state index contributed by atoms with van der Waals surface area (Å²) in [6.07, 6.45) is 20.4. The number of unbranched alkanes of at least 4 members (excludes halogenated alkanes) is 9. The number of carbonyl (C=O) groups is 2. The molecule has 4 heteroatoms. The SMILES string of the molecule is CC/C=C/CCOC(=O)/C=C/C(=O)OCCCCCCCCCCCC. The quantitative estimate of drug-likeness (QED) is 0.139. The summed E-state index contributed by atoms with van der Waals surface area (Å²) in [4.78, 5) is 22.9. The van der Waals surface area contributed by atoms with E-state index < -0.39 is 11.9 Å². The Labute approximate surface area is 160 Å². The van der Waals surface area contributed by atoms with Gasteiger partial charge in [0.25, 0.3) is 0 Å². The van der Waals surface area contributed by atoms with E-state index in [1.807, 2.05) is 19.1 Å². The van der Waals surface area contributed by atoms with E-state index in [0.717, 1.165) is 31.4 Å². The van der Waals surface area contributed by atoms with Gasteiger partial charge in [0.05, 0.1) is 13.2 Å². The van der Waals surface area contributed by atoms with Crippen molar-refractivity contribution in [1.82, 2.24) is 0 Å². The van der Waals surface area contributed by atoms with Gasteiger partial charge in [-0.1, -0.05) is 83.8 Å². The molecular formula is C22H38O4. The molecule has 0 aromatic carbocycles. The Hall–Kier alpha value is -1.58. The third kappa shape index (κ3) is 18.8. The van der Waals surface area contributed by atoms with Crippen LogP contribution in [0.25, 0.3) is 0 Å². The van der Waals surface area contributed by atoms with Gasteiger partial charge < -0.3 is 9.47 Å². The summed E-state index contributed by atoms with van der Waals surface area (Å²) in [6, 6.07) is 0. The lowest BCUT2D eigenvalue weighted by atomic mass is 10.1. The standard InChI is InChI=1S/C22H38O4/c1-3-5-7-9-10-11-12-13-14-16-20-26-22(24)18-17-21(23)25-19-15-8-6-4-2/h6,8,17-18H,3-5,7,9-16,19-20H2,1-2H3/b8-6+,18-17+. The molecule has 0 atom stereocenters. The molecule has 0 heterocycles. The predicted molar refractivity (Wildman–Crippen MR) is 107 cm³/mol. The van der Waals surface area contributed by atoms with Gasteiger partial charge in [0, 0.05) is 12.2 Å². The molecule has 150 valence electrons. The van der Waals surface area contributed by atoms with Crippen LogP contribution in [0, 0.1) is 0 Å². The molecule has 4 nitrogen and oxygen atoms in total. The second-order valence-corrected chi connectivity index (χ2v) is 6.52. The van der Waals surface area contributed by atoms with Gasteiger partial charge in [-0.05, 0) is 19.3 Å². The highest BCUT2D eigenvalue weighted by atomic mass is 16.5. The average Bonchev–Trinajstić information content (AvgIpc) is 2.64. The summed E-state index contributed by atoms with van der Waals surface area (Å²) in [7, 11) is 0. The van der Waals surface area contributed by atoms with Gasteiger partial charge in [-0.15, -0.1) is 0 Å². The smallest absolute Gasteiger partial charge is 0.331 e. The Morgan fingerprint density at radius 2 is 1.15 bits per heavy atom. The van der Waals surface area contributed by atoms with Crippen molar-refractivity contribution in [3.8, 4) is 0 Å². The van der Waals surface area contributed by atoms with E-state index in [1.54, 1.807) is 0 Å². The van der Waals surface area contributed by atoms with Crippen LogP contribution >= 0.6 is 0 Å². The molecule has 26 heavy (non-hydrogen) atoms. The van der Waals surface area contributed by atoms with Crippen LogP contribution < -0.4 is 0 Å². The highest BCUT2D eigenvalue weighted by Gasteiger charge is 2.01. The number of hydrogen-bond donors (Lipinski definition) is 0. The fourth-order valence-corrected chi connectivity index (χ4v) is 2.51. The molecular weight excluding hydrogens is 328 g/mol. The molecule has 0 radical (unpaired) electrons. The Bertz CT molecular complexity index is 399. The van der Waals surface area contributed by atoms with Crippen molar-refractivity contribution in [2.24, 2.45) is 0 Å². The number of ether oxygens (including phenoxy) is 2. The lowest BCUT2D eigenvalue weighted by molar-refractivity contribution is -0.140. The van der Waals surface area contributed by atoms with Gasteiger partial charge in [-0.2, -0.15) is 0 Å². The van der Waals surface area contributed by atoms with Crippen LogP contribution in [0.1, 0.15) is 90.9 Å². The predicted octanol–water partition coefficient (Wildman–Crippen LogP) is 5.91. The fraction of sp³-hybridized carbons (Fsp3) is 0.727. The van der Waals surface area contributed by atoms with Gasteiger partial charge in [-0.25, -0.2) is 9.59 Å². The van der Waals surface area contributed by atoms with Crippen molar-refractivity contribution in [3.63, 3.8) is 0 Å². The third-order valence-corrected chi connectivity index (χ3v) is 4.03. The molecule has 0 fully saturated rings. The zero-order valence-corrected chi connectivity index (χ0v) is 16.8. The van der Waals surface area contributed by atoms with Gasteiger partial charge in [0.2, 0.25) is 0 Å². The molecule has 0 aromatic rings. The molecule has 0 aliphatic carbocycles. The minimum absolute atomic E-state index is 0.327. The van der Waals surface area contributed by atoms with E-state index in [0.29, 0.717) is 19.6 Å². The van der Waals surface area contributed by atoms with E-state index in [1.165, 1.54) is 51.4 Å². The van der Waals surface area contributed by atoms with Crippen LogP contribution in [0.4, 0.5) is 0 Å². The zero-order valence-electron chi connectivity index (χ0n) is 16.8. The van der Waals surface area contributed by atoms with E-state index in [9.17, 15) is 9.59 Å². The van der Waals surface area contributed by atoms with Crippen LogP contribution in [-0.2, 0) is 19.1 Å². The maximum absolute atomic E-state index is 11.5. The third-order valence-electron chi connectivity index (χ3n) is 4.03. The minimum Gasteiger partial charge on any atom is -0.463 e. The Morgan fingerprint density at radius 3 is 1.69 bits per heavy atom. The van der Waals surface area contributed by atoms with Crippen molar-refractivity contribution in [2.75, 3.05) is 13.2 Å². The lowest BCUT2D eigenvalue weighted by Gasteiger charge is -2.03. The first-order valence-electron chi connectivity index (χ1n) is 10.4. The molecule has 0 bridgehead atoms.